The summed E-state index contributed by atoms with van der Waals surface area (Å²) in [7, 11) is 3.61. The Morgan fingerprint density at radius 3 is 2.81 bits per heavy atom. The molecular formula is C11H20N4O. The number of hydrogen-bond acceptors (Lipinski definition) is 3. The van der Waals surface area contributed by atoms with Crippen LogP contribution in [0.2, 0.25) is 0 Å². The van der Waals surface area contributed by atoms with Gasteiger partial charge in [0.25, 0.3) is 5.91 Å². The lowest BCUT2D eigenvalue weighted by Gasteiger charge is -2.15. The van der Waals surface area contributed by atoms with Crippen LogP contribution in [0.25, 0.3) is 0 Å². The lowest BCUT2D eigenvalue weighted by Crippen LogP contribution is -2.28. The largest absolute Gasteiger partial charge is 0.340 e. The third-order valence-electron chi connectivity index (χ3n) is 2.48. The second kappa shape index (κ2) is 6.27. The van der Waals surface area contributed by atoms with Crippen molar-refractivity contribution in [1.82, 2.24) is 14.7 Å². The average molecular weight is 224 g/mol. The van der Waals surface area contributed by atoms with Crippen LogP contribution in [0.5, 0.6) is 0 Å². The first kappa shape index (κ1) is 12.7. The lowest BCUT2D eigenvalue weighted by molar-refractivity contribution is 0.0786. The van der Waals surface area contributed by atoms with Crippen LogP contribution in [0.1, 0.15) is 29.8 Å². The number of nitrogens with two attached hydrogens (primary N) is 1. The maximum atomic E-state index is 11.8. The van der Waals surface area contributed by atoms with E-state index >= 15 is 0 Å². The van der Waals surface area contributed by atoms with E-state index in [2.05, 4.69) is 5.10 Å². The van der Waals surface area contributed by atoms with Crippen LogP contribution >= 0.6 is 0 Å². The van der Waals surface area contributed by atoms with Crippen LogP contribution in [0, 0.1) is 0 Å². The first-order chi connectivity index (χ1) is 7.65. The fourth-order valence-electron chi connectivity index (χ4n) is 1.50. The Hall–Kier alpha value is -1.36. The van der Waals surface area contributed by atoms with Crippen molar-refractivity contribution in [2.45, 2.75) is 19.3 Å². The maximum Gasteiger partial charge on any atom is 0.274 e. The molecule has 0 aromatic carbocycles. The van der Waals surface area contributed by atoms with Crippen molar-refractivity contribution < 1.29 is 4.79 Å². The Balaban J connectivity index is 2.36. The van der Waals surface area contributed by atoms with Crippen LogP contribution < -0.4 is 5.73 Å². The Morgan fingerprint density at radius 2 is 2.25 bits per heavy atom. The molecule has 1 aromatic rings. The molecule has 1 aromatic heterocycles. The molecule has 0 radical (unpaired) electrons. The quantitative estimate of drug-likeness (QED) is 0.720. The zero-order chi connectivity index (χ0) is 12.0. The summed E-state index contributed by atoms with van der Waals surface area (Å²) in [5, 5.41) is 4.08. The SMILES string of the molecule is CN(CCCCCN)C(=O)c1ccn(C)n1. The minimum atomic E-state index is -0.0200. The van der Waals surface area contributed by atoms with Gasteiger partial charge in [0.2, 0.25) is 0 Å². The number of aryl methyl sites for hydroxylation is 1. The van der Waals surface area contributed by atoms with Gasteiger partial charge in [0.15, 0.2) is 0 Å². The molecule has 0 spiro atoms. The van der Waals surface area contributed by atoms with Crippen molar-refractivity contribution in [3.05, 3.63) is 18.0 Å². The summed E-state index contributed by atoms with van der Waals surface area (Å²) >= 11 is 0. The van der Waals surface area contributed by atoms with Gasteiger partial charge in [0.1, 0.15) is 5.69 Å². The van der Waals surface area contributed by atoms with Gasteiger partial charge < -0.3 is 10.6 Å². The Kier molecular flexibility index (Phi) is 4.98. The molecule has 0 saturated carbocycles. The van der Waals surface area contributed by atoms with Crippen molar-refractivity contribution in [3.8, 4) is 0 Å². The van der Waals surface area contributed by atoms with E-state index in [0.717, 1.165) is 32.4 Å². The second-order valence-corrected chi connectivity index (χ2v) is 3.95. The van der Waals surface area contributed by atoms with E-state index in [1.165, 1.54) is 0 Å². The molecule has 2 N–H and O–H groups in total. The highest BCUT2D eigenvalue weighted by Crippen LogP contribution is 2.02. The van der Waals surface area contributed by atoms with E-state index in [1.807, 2.05) is 0 Å². The minimum Gasteiger partial charge on any atom is -0.340 e. The number of hydrogen-bond donors (Lipinski definition) is 1. The van der Waals surface area contributed by atoms with Gasteiger partial charge in [-0.2, -0.15) is 5.10 Å². The summed E-state index contributed by atoms with van der Waals surface area (Å²) in [4.78, 5) is 13.6. The molecule has 16 heavy (non-hydrogen) atoms. The molecule has 0 atom stereocenters. The lowest BCUT2D eigenvalue weighted by atomic mass is 10.2. The highest BCUT2D eigenvalue weighted by molar-refractivity contribution is 5.91. The smallest absolute Gasteiger partial charge is 0.274 e. The van der Waals surface area contributed by atoms with E-state index in [4.69, 9.17) is 5.73 Å². The third-order valence-corrected chi connectivity index (χ3v) is 2.48. The summed E-state index contributed by atoms with van der Waals surface area (Å²) in [6, 6.07) is 1.73. The summed E-state index contributed by atoms with van der Waals surface area (Å²) in [5.74, 6) is -0.0200. The monoisotopic (exact) mass is 224 g/mol. The number of carbonyl (C=O) groups is 1. The topological polar surface area (TPSA) is 64.2 Å². The van der Waals surface area contributed by atoms with Crippen molar-refractivity contribution >= 4 is 5.91 Å². The molecular weight excluding hydrogens is 204 g/mol. The molecule has 5 heteroatoms. The molecule has 0 aliphatic rings. The number of carbonyl (C=O) groups excluding carboxylic acids is 1. The first-order valence-corrected chi connectivity index (χ1v) is 5.60. The zero-order valence-electron chi connectivity index (χ0n) is 10.0. The first-order valence-electron chi connectivity index (χ1n) is 5.60. The summed E-state index contributed by atoms with van der Waals surface area (Å²) in [6.07, 6.45) is 4.85. The fraction of sp³-hybridized carbons (Fsp3) is 0.636. The number of rotatable bonds is 6. The van der Waals surface area contributed by atoms with E-state index in [9.17, 15) is 4.79 Å². The van der Waals surface area contributed by atoms with E-state index < -0.39 is 0 Å². The van der Waals surface area contributed by atoms with Crippen LogP contribution in [0.15, 0.2) is 12.3 Å². The Bertz CT molecular complexity index is 334. The van der Waals surface area contributed by atoms with Crippen molar-refractivity contribution in [2.75, 3.05) is 20.1 Å². The number of unbranched alkanes of at least 4 members (excludes halogenated alkanes) is 2. The average Bonchev–Trinajstić information content (AvgIpc) is 2.70. The predicted molar refractivity (Wildman–Crippen MR) is 63.1 cm³/mol. The van der Waals surface area contributed by atoms with Crippen molar-refractivity contribution in [1.29, 1.82) is 0 Å². The third kappa shape index (κ3) is 3.66. The fourth-order valence-corrected chi connectivity index (χ4v) is 1.50. The second-order valence-electron chi connectivity index (χ2n) is 3.95. The van der Waals surface area contributed by atoms with E-state index in [0.29, 0.717) is 5.69 Å². The van der Waals surface area contributed by atoms with Gasteiger partial charge in [-0.3, -0.25) is 9.48 Å². The van der Waals surface area contributed by atoms with Gasteiger partial charge in [0.05, 0.1) is 0 Å². The molecule has 0 saturated heterocycles. The Labute approximate surface area is 96.2 Å². The van der Waals surface area contributed by atoms with Crippen molar-refractivity contribution in [3.63, 3.8) is 0 Å². The maximum absolute atomic E-state index is 11.8. The molecule has 1 heterocycles. The number of nitrogens with zero attached hydrogens (tertiary/aromatic N) is 3. The van der Waals surface area contributed by atoms with Crippen molar-refractivity contribution in [2.24, 2.45) is 12.8 Å². The van der Waals surface area contributed by atoms with Gasteiger partial charge in [-0.1, -0.05) is 6.42 Å². The van der Waals surface area contributed by atoms with Gasteiger partial charge in [-0.15, -0.1) is 0 Å². The summed E-state index contributed by atoms with van der Waals surface area (Å²) < 4.78 is 1.63. The zero-order valence-corrected chi connectivity index (χ0v) is 10.0. The Morgan fingerprint density at radius 1 is 1.50 bits per heavy atom. The van der Waals surface area contributed by atoms with Gasteiger partial charge in [-0.25, -0.2) is 0 Å². The molecule has 0 fully saturated rings. The molecule has 0 aliphatic carbocycles. The molecule has 0 unspecified atom stereocenters. The predicted octanol–water partition coefficient (Wildman–Crippen LogP) is 0.621. The summed E-state index contributed by atoms with van der Waals surface area (Å²) in [5.41, 5.74) is 5.91. The normalized spacial score (nSPS) is 10.4. The molecule has 5 nitrogen and oxygen atoms in total. The van der Waals surface area contributed by atoms with Crippen LogP contribution in [-0.2, 0) is 7.05 Å². The van der Waals surface area contributed by atoms with Crippen LogP contribution in [0.4, 0.5) is 0 Å². The van der Waals surface area contributed by atoms with E-state index in [-0.39, 0.29) is 5.91 Å². The van der Waals surface area contributed by atoms with Gasteiger partial charge in [-0.05, 0) is 25.5 Å². The van der Waals surface area contributed by atoms with Gasteiger partial charge in [0, 0.05) is 26.8 Å². The molecule has 0 aliphatic heterocycles. The molecule has 1 rings (SSSR count). The van der Waals surface area contributed by atoms with Gasteiger partial charge >= 0.3 is 0 Å². The molecule has 90 valence electrons. The number of amides is 1. The van der Waals surface area contributed by atoms with Crippen LogP contribution in [0.3, 0.4) is 0 Å². The van der Waals surface area contributed by atoms with Crippen LogP contribution in [-0.4, -0.2) is 40.7 Å². The molecule has 0 bridgehead atoms. The number of aromatic nitrogens is 2. The van der Waals surface area contributed by atoms with E-state index in [1.54, 1.807) is 35.9 Å². The standard InChI is InChI=1S/C11H20N4O/c1-14(8-5-3-4-7-12)11(16)10-6-9-15(2)13-10/h6,9H,3-5,7-8,12H2,1-2H3. The summed E-state index contributed by atoms with van der Waals surface area (Å²) in [6.45, 7) is 1.48. The highest BCUT2D eigenvalue weighted by Gasteiger charge is 2.13. The molecule has 1 amide bonds. The highest BCUT2D eigenvalue weighted by atomic mass is 16.2. The minimum absolute atomic E-state index is 0.0200.